The minimum atomic E-state index is -0.406. The number of ether oxygens (including phenoxy) is 1. The maximum absolute atomic E-state index is 11.9. The van der Waals surface area contributed by atoms with Crippen molar-refractivity contribution in [2.45, 2.75) is 78.1 Å². The molecule has 0 saturated heterocycles. The molecule has 0 atom stereocenters. The molecular formula is C23H33N3O4. The Hall–Kier alpha value is -2.66. The third-order valence-electron chi connectivity index (χ3n) is 5.11. The molecule has 0 aliphatic heterocycles. The predicted molar refractivity (Wildman–Crippen MR) is 117 cm³/mol. The van der Waals surface area contributed by atoms with E-state index >= 15 is 0 Å². The van der Waals surface area contributed by atoms with Gasteiger partial charge in [0, 0.05) is 10.6 Å². The normalized spacial score (nSPS) is 10.5. The van der Waals surface area contributed by atoms with Crippen molar-refractivity contribution < 1.29 is 19.1 Å². The molecule has 0 aromatic heterocycles. The van der Waals surface area contributed by atoms with Crippen molar-refractivity contribution in [2.24, 2.45) is 11.0 Å². The van der Waals surface area contributed by atoms with Crippen LogP contribution in [0.2, 0.25) is 0 Å². The monoisotopic (exact) mass is 415 g/mol. The number of hydrogen-bond acceptors (Lipinski definition) is 5. The van der Waals surface area contributed by atoms with Gasteiger partial charge < -0.3 is 4.74 Å². The van der Waals surface area contributed by atoms with Gasteiger partial charge in [-0.1, -0.05) is 68.6 Å². The summed E-state index contributed by atoms with van der Waals surface area (Å²) in [6.07, 6.45) is 10.3. The van der Waals surface area contributed by atoms with Crippen LogP contribution in [-0.4, -0.2) is 24.1 Å². The van der Waals surface area contributed by atoms with Crippen molar-refractivity contribution in [3.63, 3.8) is 0 Å². The first-order chi connectivity index (χ1) is 14.5. The molecule has 7 nitrogen and oxygen atoms in total. The molecule has 0 unspecified atom stereocenters. The van der Waals surface area contributed by atoms with E-state index in [1.807, 2.05) is 0 Å². The zero-order valence-electron chi connectivity index (χ0n) is 18.1. The van der Waals surface area contributed by atoms with E-state index in [0.717, 1.165) is 38.5 Å². The maximum Gasteiger partial charge on any atom is 0.338 e. The van der Waals surface area contributed by atoms with Crippen LogP contribution in [0.3, 0.4) is 0 Å². The molecule has 0 radical (unpaired) electrons. The molecule has 1 aromatic carbocycles. The van der Waals surface area contributed by atoms with Gasteiger partial charge in [-0.3, -0.25) is 9.59 Å². The topological polar surface area (TPSA) is 109 Å². The molecule has 0 aliphatic carbocycles. The third-order valence-corrected chi connectivity index (χ3v) is 5.11. The van der Waals surface area contributed by atoms with Crippen molar-refractivity contribution in [1.82, 2.24) is 0 Å². The Labute approximate surface area is 178 Å². The Bertz CT molecular complexity index is 710. The van der Waals surface area contributed by atoms with Crippen LogP contribution >= 0.6 is 0 Å². The number of rotatable bonds is 16. The van der Waals surface area contributed by atoms with Gasteiger partial charge in [-0.2, -0.15) is 0 Å². The highest BCUT2D eigenvalue weighted by molar-refractivity contribution is 6.00. The van der Waals surface area contributed by atoms with E-state index in [4.69, 9.17) is 10.3 Å². The molecule has 30 heavy (non-hydrogen) atoms. The number of carbonyl (C=O) groups excluding carboxylic acids is 3. The van der Waals surface area contributed by atoms with Crippen molar-refractivity contribution in [2.75, 3.05) is 6.61 Å². The van der Waals surface area contributed by atoms with Crippen molar-refractivity contribution in [3.05, 3.63) is 40.3 Å². The highest BCUT2D eigenvalue weighted by Gasteiger charge is 2.18. The van der Waals surface area contributed by atoms with Crippen LogP contribution in [-0.2, 0) is 14.3 Å². The second-order valence-electron chi connectivity index (χ2n) is 7.62. The highest BCUT2D eigenvalue weighted by Crippen LogP contribution is 2.16. The lowest BCUT2D eigenvalue weighted by Crippen LogP contribution is -2.19. The maximum atomic E-state index is 11.9. The van der Waals surface area contributed by atoms with Crippen LogP contribution < -0.4 is 0 Å². The average molecular weight is 416 g/mol. The molecular weight excluding hydrogens is 382 g/mol. The Morgan fingerprint density at radius 2 is 1.37 bits per heavy atom. The summed E-state index contributed by atoms with van der Waals surface area (Å²) >= 11 is 0. The van der Waals surface area contributed by atoms with Gasteiger partial charge in [-0.15, -0.1) is 0 Å². The molecule has 1 rings (SSSR count). The van der Waals surface area contributed by atoms with E-state index in [1.165, 1.54) is 33.1 Å². The molecule has 0 aliphatic rings. The molecule has 7 heteroatoms. The number of azide groups is 1. The molecule has 0 amide bonds. The first-order valence-corrected chi connectivity index (χ1v) is 10.8. The lowest BCUT2D eigenvalue weighted by molar-refractivity contribution is -0.130. The van der Waals surface area contributed by atoms with Gasteiger partial charge in [0.05, 0.1) is 18.1 Å². The van der Waals surface area contributed by atoms with Crippen LogP contribution in [0.1, 0.15) is 88.4 Å². The fraction of sp³-hybridized carbons (Fsp3) is 0.609. The summed E-state index contributed by atoms with van der Waals surface area (Å²) in [5.74, 6) is -0.803. The minimum absolute atomic E-state index is 0.0172. The lowest BCUT2D eigenvalue weighted by atomic mass is 9.93. The van der Waals surface area contributed by atoms with E-state index < -0.39 is 5.92 Å². The number of ketones is 2. The molecule has 0 bridgehead atoms. The number of unbranched alkanes of at least 4 members (excludes halogenated alkanes) is 8. The fourth-order valence-corrected chi connectivity index (χ4v) is 3.34. The molecule has 0 N–H and O–H groups in total. The summed E-state index contributed by atoms with van der Waals surface area (Å²) in [6.45, 7) is 3.40. The number of Topliss-reactive ketones (excluding diaryl/α,β-unsaturated/α-hetero) is 2. The lowest BCUT2D eigenvalue weighted by Gasteiger charge is -2.09. The van der Waals surface area contributed by atoms with Crippen molar-refractivity contribution in [3.8, 4) is 0 Å². The Morgan fingerprint density at radius 3 is 1.87 bits per heavy atom. The molecule has 0 fully saturated rings. The quantitative estimate of drug-likeness (QED) is 0.0768. The molecule has 0 heterocycles. The third kappa shape index (κ3) is 10.8. The van der Waals surface area contributed by atoms with Gasteiger partial charge >= 0.3 is 5.97 Å². The van der Waals surface area contributed by atoms with Crippen LogP contribution in [0.5, 0.6) is 0 Å². The summed E-state index contributed by atoms with van der Waals surface area (Å²) in [5, 5.41) is 3.46. The second-order valence-corrected chi connectivity index (χ2v) is 7.62. The van der Waals surface area contributed by atoms with Gasteiger partial charge in [-0.25, -0.2) is 4.79 Å². The summed E-state index contributed by atoms with van der Waals surface area (Å²) in [4.78, 5) is 37.4. The standard InChI is InChI=1S/C23H33N3O4/c1-18(27)22(19(2)28)12-10-8-6-4-3-5-7-9-11-17-30-23(29)20-13-15-21(16-14-20)25-26-24/h13-16,22H,3-12,17H2,1-2H3. The van der Waals surface area contributed by atoms with E-state index in [0.29, 0.717) is 24.3 Å². The molecule has 0 spiro atoms. The molecule has 1 aromatic rings. The first kappa shape index (κ1) is 25.4. The number of esters is 1. The summed E-state index contributed by atoms with van der Waals surface area (Å²) in [5.41, 5.74) is 9.28. The number of carbonyl (C=O) groups is 3. The SMILES string of the molecule is CC(=O)C(CCCCCCCCCCCOC(=O)c1ccc(N=[N+]=[N-])cc1)C(C)=O. The zero-order chi connectivity index (χ0) is 22.2. The number of nitrogens with zero attached hydrogens (tertiary/aromatic N) is 3. The zero-order valence-corrected chi connectivity index (χ0v) is 18.1. The summed E-state index contributed by atoms with van der Waals surface area (Å²) in [6, 6.07) is 6.35. The summed E-state index contributed by atoms with van der Waals surface area (Å²) in [7, 11) is 0. The summed E-state index contributed by atoms with van der Waals surface area (Å²) < 4.78 is 5.26. The second kappa shape index (κ2) is 15.2. The minimum Gasteiger partial charge on any atom is -0.462 e. The van der Waals surface area contributed by atoms with Gasteiger partial charge in [0.2, 0.25) is 0 Å². The smallest absolute Gasteiger partial charge is 0.338 e. The Balaban J connectivity index is 1.98. The van der Waals surface area contributed by atoms with Gasteiger partial charge in [-0.05, 0) is 44.4 Å². The number of benzene rings is 1. The van der Waals surface area contributed by atoms with Gasteiger partial charge in [0.25, 0.3) is 0 Å². The average Bonchev–Trinajstić information content (AvgIpc) is 2.71. The Morgan fingerprint density at radius 1 is 0.867 bits per heavy atom. The van der Waals surface area contributed by atoms with E-state index in [-0.39, 0.29) is 17.5 Å². The van der Waals surface area contributed by atoms with Crippen LogP contribution in [0.25, 0.3) is 10.4 Å². The van der Waals surface area contributed by atoms with E-state index in [9.17, 15) is 14.4 Å². The molecule has 0 saturated carbocycles. The van der Waals surface area contributed by atoms with Crippen LogP contribution in [0.4, 0.5) is 5.69 Å². The fourth-order valence-electron chi connectivity index (χ4n) is 3.34. The van der Waals surface area contributed by atoms with E-state index in [1.54, 1.807) is 24.3 Å². The number of hydrogen-bond donors (Lipinski definition) is 0. The van der Waals surface area contributed by atoms with E-state index in [2.05, 4.69) is 10.0 Å². The predicted octanol–water partition coefficient (Wildman–Crippen LogP) is 6.48. The van der Waals surface area contributed by atoms with Crippen molar-refractivity contribution >= 4 is 23.2 Å². The van der Waals surface area contributed by atoms with Crippen molar-refractivity contribution in [1.29, 1.82) is 0 Å². The van der Waals surface area contributed by atoms with Crippen LogP contribution in [0.15, 0.2) is 29.4 Å². The highest BCUT2D eigenvalue weighted by atomic mass is 16.5. The first-order valence-electron chi connectivity index (χ1n) is 10.8. The Kier molecular flexibility index (Phi) is 12.9. The molecule has 164 valence electrons. The van der Waals surface area contributed by atoms with Gasteiger partial charge in [0.15, 0.2) is 0 Å². The largest absolute Gasteiger partial charge is 0.462 e. The van der Waals surface area contributed by atoms with Gasteiger partial charge in [0.1, 0.15) is 11.6 Å². The van der Waals surface area contributed by atoms with Crippen LogP contribution in [0, 0.1) is 5.92 Å².